The van der Waals surface area contributed by atoms with Gasteiger partial charge < -0.3 is 19.5 Å². The minimum atomic E-state index is -2.96. The number of carbonyl (C=O) groups excluding carboxylic acids is 1. The van der Waals surface area contributed by atoms with E-state index >= 15 is 0 Å². The average molecular weight is 439 g/mol. The largest absolute Gasteiger partial charge is 0.494 e. The number of methoxy groups -OCH3 is 1. The number of nitrogens with one attached hydrogen (secondary N) is 1. The molecule has 168 valence electrons. The second kappa shape index (κ2) is 11.1. The van der Waals surface area contributed by atoms with Crippen LogP contribution >= 0.6 is 0 Å². The van der Waals surface area contributed by atoms with Crippen molar-refractivity contribution < 1.29 is 32.7 Å². The van der Waals surface area contributed by atoms with Gasteiger partial charge in [-0.1, -0.05) is 6.07 Å². The van der Waals surface area contributed by atoms with Gasteiger partial charge in [-0.25, -0.2) is 0 Å². The van der Waals surface area contributed by atoms with Gasteiger partial charge >= 0.3 is 6.61 Å². The highest BCUT2D eigenvalue weighted by atomic mass is 19.3. The van der Waals surface area contributed by atoms with Gasteiger partial charge in [0.1, 0.15) is 5.75 Å². The summed E-state index contributed by atoms with van der Waals surface area (Å²) in [6.45, 7) is -0.632. The number of ether oxygens (including phenoxy) is 3. The number of carbonyl (C=O) groups is 1. The van der Waals surface area contributed by atoms with E-state index in [-0.39, 0.29) is 42.0 Å². The van der Waals surface area contributed by atoms with Crippen LogP contribution in [0.1, 0.15) is 12.5 Å². The maximum Gasteiger partial charge on any atom is 0.387 e. The molecule has 0 saturated carbocycles. The highest BCUT2D eigenvalue weighted by Crippen LogP contribution is 2.31. The molecule has 1 N–H and O–H groups in total. The fourth-order valence-corrected chi connectivity index (χ4v) is 2.81. The second-order valence-electron chi connectivity index (χ2n) is 6.45. The zero-order chi connectivity index (χ0) is 23.0. The molecule has 11 heteroatoms. The lowest BCUT2D eigenvalue weighted by atomic mass is 10.2. The van der Waals surface area contributed by atoms with Crippen LogP contribution in [0, 0.1) is 10.1 Å². The van der Waals surface area contributed by atoms with Crippen LogP contribution < -0.4 is 19.5 Å². The number of hydrogen-bond donors (Lipinski definition) is 1. The van der Waals surface area contributed by atoms with Crippen LogP contribution in [-0.2, 0) is 11.3 Å². The molecule has 0 aliphatic carbocycles. The van der Waals surface area contributed by atoms with E-state index in [4.69, 9.17) is 9.47 Å². The van der Waals surface area contributed by atoms with E-state index in [1.165, 1.54) is 31.4 Å². The number of alkyl halides is 2. The molecular weight excluding hydrogens is 416 g/mol. The van der Waals surface area contributed by atoms with Crippen molar-refractivity contribution in [2.75, 3.05) is 32.6 Å². The monoisotopic (exact) mass is 439 g/mol. The Balaban J connectivity index is 2.02. The third-order valence-corrected chi connectivity index (χ3v) is 4.06. The molecular formula is C20H23F2N3O6. The Kier molecular flexibility index (Phi) is 8.50. The lowest BCUT2D eigenvalue weighted by molar-refractivity contribution is -0.384. The molecule has 0 aliphatic heterocycles. The fourth-order valence-electron chi connectivity index (χ4n) is 2.81. The van der Waals surface area contributed by atoms with E-state index in [9.17, 15) is 23.7 Å². The highest BCUT2D eigenvalue weighted by Gasteiger charge is 2.16. The molecule has 0 fully saturated rings. The molecule has 9 nitrogen and oxygen atoms in total. The fraction of sp³-hybridized carbons (Fsp3) is 0.350. The van der Waals surface area contributed by atoms with E-state index in [2.05, 4.69) is 10.1 Å². The van der Waals surface area contributed by atoms with Crippen molar-refractivity contribution in [2.45, 2.75) is 20.1 Å². The van der Waals surface area contributed by atoms with Crippen molar-refractivity contribution in [1.29, 1.82) is 0 Å². The van der Waals surface area contributed by atoms with Crippen LogP contribution in [-0.4, -0.2) is 49.7 Å². The summed E-state index contributed by atoms with van der Waals surface area (Å²) in [5, 5.41) is 13.5. The first kappa shape index (κ1) is 23.8. The van der Waals surface area contributed by atoms with Gasteiger partial charge in [-0.2, -0.15) is 8.78 Å². The molecule has 2 aromatic carbocycles. The third kappa shape index (κ3) is 7.07. The molecule has 0 heterocycles. The summed E-state index contributed by atoms with van der Waals surface area (Å²) in [6.07, 6.45) is 0. The second-order valence-corrected chi connectivity index (χ2v) is 6.45. The molecule has 2 aromatic rings. The van der Waals surface area contributed by atoms with Crippen molar-refractivity contribution in [2.24, 2.45) is 0 Å². The van der Waals surface area contributed by atoms with Crippen molar-refractivity contribution in [3.63, 3.8) is 0 Å². The highest BCUT2D eigenvalue weighted by molar-refractivity contribution is 5.93. The average Bonchev–Trinajstić information content (AvgIpc) is 2.69. The number of anilines is 1. The van der Waals surface area contributed by atoms with Crippen molar-refractivity contribution in [3.05, 3.63) is 52.1 Å². The smallest absolute Gasteiger partial charge is 0.387 e. The number of rotatable bonds is 11. The van der Waals surface area contributed by atoms with Gasteiger partial charge in [-0.05, 0) is 37.7 Å². The minimum Gasteiger partial charge on any atom is -0.494 e. The van der Waals surface area contributed by atoms with E-state index in [1.807, 2.05) is 0 Å². The normalized spacial score (nSPS) is 10.8. The Bertz CT molecular complexity index is 926. The topological polar surface area (TPSA) is 103 Å². The Hall–Kier alpha value is -3.47. The first-order chi connectivity index (χ1) is 14.7. The molecule has 31 heavy (non-hydrogen) atoms. The Labute approximate surface area is 177 Å². The Morgan fingerprint density at radius 3 is 2.55 bits per heavy atom. The number of nitrogens with zero attached hydrogens (tertiary/aromatic N) is 2. The molecule has 0 radical (unpaired) electrons. The van der Waals surface area contributed by atoms with Gasteiger partial charge in [0.15, 0.2) is 11.5 Å². The van der Waals surface area contributed by atoms with Crippen LogP contribution in [0.4, 0.5) is 20.2 Å². The summed E-state index contributed by atoms with van der Waals surface area (Å²) in [6, 6.07) is 8.45. The molecule has 0 spiro atoms. The molecule has 0 aliphatic rings. The van der Waals surface area contributed by atoms with Crippen LogP contribution in [0.15, 0.2) is 36.4 Å². The van der Waals surface area contributed by atoms with Gasteiger partial charge in [0.2, 0.25) is 5.91 Å². The number of halogens is 2. The first-order valence-corrected chi connectivity index (χ1v) is 9.24. The summed E-state index contributed by atoms with van der Waals surface area (Å²) in [5.74, 6) is -0.0708. The number of nitro benzene ring substituents is 1. The van der Waals surface area contributed by atoms with Crippen molar-refractivity contribution in [1.82, 2.24) is 4.90 Å². The van der Waals surface area contributed by atoms with E-state index in [0.717, 1.165) is 5.56 Å². The number of amides is 1. The van der Waals surface area contributed by atoms with Crippen LogP contribution in [0.3, 0.4) is 0 Å². The van der Waals surface area contributed by atoms with Gasteiger partial charge in [0.05, 0.1) is 36.9 Å². The first-order valence-electron chi connectivity index (χ1n) is 9.24. The number of hydrogen-bond acceptors (Lipinski definition) is 7. The third-order valence-electron chi connectivity index (χ3n) is 4.06. The summed E-state index contributed by atoms with van der Waals surface area (Å²) in [4.78, 5) is 24.4. The zero-order valence-electron chi connectivity index (χ0n) is 17.3. The summed E-state index contributed by atoms with van der Waals surface area (Å²) >= 11 is 0. The molecule has 0 atom stereocenters. The standard InChI is InChI=1S/C20H23F2N3O6/c1-4-30-18-9-13(5-8-16(18)31-20(21)22)11-24(2)12-19(26)23-15-7-6-14(25(27)28)10-17(15)29-3/h5-10,20H,4,11-12H2,1-3H3,(H,23,26). The van der Waals surface area contributed by atoms with Crippen LogP contribution in [0.2, 0.25) is 0 Å². The van der Waals surface area contributed by atoms with Gasteiger partial charge in [-0.3, -0.25) is 19.8 Å². The number of benzene rings is 2. The number of nitro groups is 1. The SMILES string of the molecule is CCOc1cc(CN(C)CC(=O)Nc2ccc([N+](=O)[O-])cc2OC)ccc1OC(F)F. The predicted molar refractivity (Wildman–Crippen MR) is 109 cm³/mol. The Morgan fingerprint density at radius 2 is 1.94 bits per heavy atom. The van der Waals surface area contributed by atoms with Gasteiger partial charge in [0, 0.05) is 12.6 Å². The molecule has 0 unspecified atom stereocenters. The summed E-state index contributed by atoms with van der Waals surface area (Å²) in [7, 11) is 3.05. The lowest BCUT2D eigenvalue weighted by Crippen LogP contribution is -2.30. The molecule has 0 saturated heterocycles. The van der Waals surface area contributed by atoms with E-state index in [1.54, 1.807) is 31.0 Å². The number of likely N-dealkylation sites (N-methyl/N-ethyl adjacent to an activating group) is 1. The lowest BCUT2D eigenvalue weighted by Gasteiger charge is -2.18. The Morgan fingerprint density at radius 1 is 1.19 bits per heavy atom. The van der Waals surface area contributed by atoms with Crippen molar-refractivity contribution in [3.8, 4) is 17.2 Å². The predicted octanol–water partition coefficient (Wildman–Crippen LogP) is 3.67. The van der Waals surface area contributed by atoms with Crippen LogP contribution in [0.25, 0.3) is 0 Å². The maximum absolute atomic E-state index is 12.5. The van der Waals surface area contributed by atoms with Crippen molar-refractivity contribution >= 4 is 17.3 Å². The van der Waals surface area contributed by atoms with Crippen LogP contribution in [0.5, 0.6) is 17.2 Å². The molecule has 0 aromatic heterocycles. The number of non-ortho nitro benzene ring substituents is 1. The summed E-state index contributed by atoms with van der Waals surface area (Å²) < 4.78 is 39.9. The molecule has 2 rings (SSSR count). The maximum atomic E-state index is 12.5. The van der Waals surface area contributed by atoms with E-state index in [0.29, 0.717) is 12.2 Å². The minimum absolute atomic E-state index is 0.000600. The van der Waals surface area contributed by atoms with E-state index < -0.39 is 11.5 Å². The summed E-state index contributed by atoms with van der Waals surface area (Å²) in [5.41, 5.74) is 0.878. The quantitative estimate of drug-likeness (QED) is 0.421. The van der Waals surface area contributed by atoms with Gasteiger partial charge in [-0.15, -0.1) is 0 Å². The van der Waals surface area contributed by atoms with Gasteiger partial charge in [0.25, 0.3) is 5.69 Å². The molecule has 1 amide bonds. The molecule has 0 bridgehead atoms. The zero-order valence-corrected chi connectivity index (χ0v) is 17.3.